The first-order valence-corrected chi connectivity index (χ1v) is 5.43. The van der Waals surface area contributed by atoms with E-state index in [0.29, 0.717) is 5.69 Å². The molecule has 0 atom stereocenters. The Morgan fingerprint density at radius 3 is 2.69 bits per heavy atom. The Kier molecular flexibility index (Phi) is 2.50. The summed E-state index contributed by atoms with van der Waals surface area (Å²) < 4.78 is 1.72. The number of aliphatic carboxylic acids is 1. The lowest BCUT2D eigenvalue weighted by molar-refractivity contribution is -0.153. The van der Waals surface area contributed by atoms with Crippen LogP contribution in [-0.2, 0) is 10.2 Å². The van der Waals surface area contributed by atoms with E-state index in [1.54, 1.807) is 16.9 Å². The molecule has 2 N–H and O–H groups in total. The molecule has 0 unspecified atom stereocenters. The lowest BCUT2D eigenvalue weighted by Crippen LogP contribution is -2.51. The van der Waals surface area contributed by atoms with Crippen LogP contribution in [0.3, 0.4) is 0 Å². The molecule has 1 fully saturated rings. The van der Waals surface area contributed by atoms with Gasteiger partial charge in [0, 0.05) is 12.2 Å². The van der Waals surface area contributed by atoms with E-state index in [9.17, 15) is 15.0 Å². The zero-order chi connectivity index (χ0) is 11.9. The van der Waals surface area contributed by atoms with Crippen LogP contribution in [0.25, 0.3) is 0 Å². The van der Waals surface area contributed by atoms with Gasteiger partial charge in [0.1, 0.15) is 5.41 Å². The summed E-state index contributed by atoms with van der Waals surface area (Å²) in [7, 11) is 0. The third kappa shape index (κ3) is 1.43. The molecule has 16 heavy (non-hydrogen) atoms. The summed E-state index contributed by atoms with van der Waals surface area (Å²) >= 11 is 0. The van der Waals surface area contributed by atoms with Gasteiger partial charge in [0.2, 0.25) is 0 Å². The molecule has 0 bridgehead atoms. The molecule has 1 aromatic rings. The van der Waals surface area contributed by atoms with E-state index in [2.05, 4.69) is 5.10 Å². The van der Waals surface area contributed by atoms with Crippen molar-refractivity contribution >= 4 is 5.97 Å². The number of carboxylic acid groups (broad SMARTS) is 1. The van der Waals surface area contributed by atoms with Crippen LogP contribution in [0.5, 0.6) is 0 Å². The second-order valence-electron chi connectivity index (χ2n) is 4.70. The van der Waals surface area contributed by atoms with Gasteiger partial charge < -0.3 is 10.2 Å². The minimum Gasteiger partial charge on any atom is -0.481 e. The fraction of sp³-hybridized carbons (Fsp3) is 0.636. The quantitative estimate of drug-likeness (QED) is 0.801. The predicted octanol–water partition coefficient (Wildman–Crippen LogP) is 0.941. The maximum atomic E-state index is 11.4. The van der Waals surface area contributed by atoms with Gasteiger partial charge in [0.25, 0.3) is 0 Å². The van der Waals surface area contributed by atoms with Crippen molar-refractivity contribution in [2.45, 2.75) is 44.2 Å². The molecule has 88 valence electrons. The number of carboxylic acids is 1. The van der Waals surface area contributed by atoms with Gasteiger partial charge in [0.15, 0.2) is 0 Å². The third-order valence-corrected chi connectivity index (χ3v) is 3.23. The van der Waals surface area contributed by atoms with Crippen molar-refractivity contribution in [1.29, 1.82) is 0 Å². The molecule has 0 aliphatic heterocycles. The number of hydrogen-bond donors (Lipinski definition) is 2. The summed E-state index contributed by atoms with van der Waals surface area (Å²) in [6.45, 7) is 3.92. The standard InChI is InChI=1S/C11H16N2O3/c1-7(2)13-9(3-4-12-13)11(10(15)16)5-8(14)6-11/h3-4,7-8,14H,5-6H2,1-2H3,(H,15,16). The van der Waals surface area contributed by atoms with Crippen LogP contribution in [0.15, 0.2) is 12.3 Å². The van der Waals surface area contributed by atoms with Crippen LogP contribution in [0.4, 0.5) is 0 Å². The van der Waals surface area contributed by atoms with E-state index in [0.717, 1.165) is 0 Å². The Morgan fingerprint density at radius 2 is 2.25 bits per heavy atom. The van der Waals surface area contributed by atoms with Crippen molar-refractivity contribution in [2.24, 2.45) is 0 Å². The lowest BCUT2D eigenvalue weighted by Gasteiger charge is -2.42. The van der Waals surface area contributed by atoms with Crippen molar-refractivity contribution in [3.63, 3.8) is 0 Å². The molecule has 1 saturated carbocycles. The van der Waals surface area contributed by atoms with Crippen molar-refractivity contribution < 1.29 is 15.0 Å². The molecule has 5 heteroatoms. The van der Waals surface area contributed by atoms with E-state index in [4.69, 9.17) is 0 Å². The average Bonchev–Trinajstić information content (AvgIpc) is 2.60. The molecular weight excluding hydrogens is 208 g/mol. The minimum atomic E-state index is -0.944. The Labute approximate surface area is 93.7 Å². The molecule has 0 radical (unpaired) electrons. The second-order valence-corrected chi connectivity index (χ2v) is 4.70. The fourth-order valence-corrected chi connectivity index (χ4v) is 2.34. The highest BCUT2D eigenvalue weighted by molar-refractivity contribution is 5.82. The van der Waals surface area contributed by atoms with E-state index < -0.39 is 17.5 Å². The van der Waals surface area contributed by atoms with E-state index >= 15 is 0 Å². The number of hydrogen-bond acceptors (Lipinski definition) is 3. The van der Waals surface area contributed by atoms with Gasteiger partial charge in [-0.25, -0.2) is 0 Å². The van der Waals surface area contributed by atoms with Gasteiger partial charge in [-0.1, -0.05) is 0 Å². The van der Waals surface area contributed by atoms with Crippen molar-refractivity contribution in [3.8, 4) is 0 Å². The number of rotatable bonds is 3. The maximum Gasteiger partial charge on any atom is 0.315 e. The van der Waals surface area contributed by atoms with Crippen LogP contribution in [0.2, 0.25) is 0 Å². The molecule has 2 rings (SSSR count). The van der Waals surface area contributed by atoms with Crippen molar-refractivity contribution in [1.82, 2.24) is 9.78 Å². The molecule has 5 nitrogen and oxygen atoms in total. The molecule has 0 saturated heterocycles. The molecule has 1 aromatic heterocycles. The highest BCUT2D eigenvalue weighted by atomic mass is 16.4. The molecule has 0 spiro atoms. The Hall–Kier alpha value is -1.36. The van der Waals surface area contributed by atoms with Crippen molar-refractivity contribution in [2.75, 3.05) is 0 Å². The average molecular weight is 224 g/mol. The number of carbonyl (C=O) groups is 1. The van der Waals surface area contributed by atoms with Crippen LogP contribution in [0.1, 0.15) is 38.4 Å². The van der Waals surface area contributed by atoms with E-state index in [-0.39, 0.29) is 18.9 Å². The normalized spacial score (nSPS) is 29.1. The van der Waals surface area contributed by atoms with Gasteiger partial charge in [-0.2, -0.15) is 5.10 Å². The monoisotopic (exact) mass is 224 g/mol. The second kappa shape index (κ2) is 3.59. The van der Waals surface area contributed by atoms with Crippen molar-refractivity contribution in [3.05, 3.63) is 18.0 Å². The Balaban J connectivity index is 2.41. The summed E-state index contributed by atoms with van der Waals surface area (Å²) in [5.41, 5.74) is -0.250. The van der Waals surface area contributed by atoms with Crippen LogP contribution < -0.4 is 0 Å². The van der Waals surface area contributed by atoms with Gasteiger partial charge in [0.05, 0.1) is 11.8 Å². The minimum absolute atomic E-state index is 0.124. The highest BCUT2D eigenvalue weighted by Crippen LogP contribution is 2.44. The number of aliphatic hydroxyl groups excluding tert-OH is 1. The Morgan fingerprint density at radius 1 is 1.62 bits per heavy atom. The first kappa shape index (κ1) is 11.1. The first-order valence-electron chi connectivity index (χ1n) is 5.43. The zero-order valence-corrected chi connectivity index (χ0v) is 9.42. The number of nitrogens with zero attached hydrogens (tertiary/aromatic N) is 2. The molecular formula is C11H16N2O3. The largest absolute Gasteiger partial charge is 0.481 e. The molecule has 0 aromatic carbocycles. The van der Waals surface area contributed by atoms with E-state index in [1.165, 1.54) is 0 Å². The van der Waals surface area contributed by atoms with E-state index in [1.807, 2.05) is 13.8 Å². The summed E-state index contributed by atoms with van der Waals surface area (Å²) in [6, 6.07) is 1.86. The highest BCUT2D eigenvalue weighted by Gasteiger charge is 2.53. The SMILES string of the molecule is CC(C)n1nccc1C1(C(=O)O)CC(O)C1. The summed E-state index contributed by atoms with van der Waals surface area (Å²) in [5.74, 6) is -0.875. The third-order valence-electron chi connectivity index (χ3n) is 3.23. The van der Waals surface area contributed by atoms with Crippen LogP contribution in [-0.4, -0.2) is 32.1 Å². The lowest BCUT2D eigenvalue weighted by atomic mass is 9.64. The molecule has 1 aliphatic carbocycles. The van der Waals surface area contributed by atoms with Crippen LogP contribution in [0, 0.1) is 0 Å². The first-order chi connectivity index (χ1) is 7.47. The smallest absolute Gasteiger partial charge is 0.315 e. The summed E-state index contributed by atoms with van der Waals surface area (Å²) in [5, 5.41) is 22.8. The number of aromatic nitrogens is 2. The van der Waals surface area contributed by atoms with Gasteiger partial charge >= 0.3 is 5.97 Å². The predicted molar refractivity (Wildman–Crippen MR) is 57.2 cm³/mol. The fourth-order valence-electron chi connectivity index (χ4n) is 2.34. The van der Waals surface area contributed by atoms with Crippen LogP contribution >= 0.6 is 0 Å². The Bertz CT molecular complexity index is 405. The van der Waals surface area contributed by atoms with Gasteiger partial charge in [-0.15, -0.1) is 0 Å². The number of aliphatic hydroxyl groups is 1. The zero-order valence-electron chi connectivity index (χ0n) is 9.42. The summed E-state index contributed by atoms with van der Waals surface area (Å²) in [6.07, 6.45) is 1.67. The van der Waals surface area contributed by atoms with Gasteiger partial charge in [-0.05, 0) is 32.8 Å². The molecule has 1 aliphatic rings. The maximum absolute atomic E-state index is 11.4. The molecule has 0 amide bonds. The molecule has 1 heterocycles. The summed E-state index contributed by atoms with van der Waals surface area (Å²) in [4.78, 5) is 11.4. The van der Waals surface area contributed by atoms with Gasteiger partial charge in [-0.3, -0.25) is 9.48 Å². The topological polar surface area (TPSA) is 75.4 Å².